The lowest BCUT2D eigenvalue weighted by atomic mass is 9.77. The van der Waals surface area contributed by atoms with E-state index in [0.29, 0.717) is 37.4 Å². The number of halogens is 1. The molecule has 2 heterocycles. The van der Waals surface area contributed by atoms with Crippen molar-refractivity contribution in [3.05, 3.63) is 65.5 Å². The van der Waals surface area contributed by atoms with Crippen molar-refractivity contribution in [2.75, 3.05) is 32.8 Å². The molecule has 6 heteroatoms. The maximum Gasteiger partial charge on any atom is 0.253 e. The number of amides is 2. The Labute approximate surface area is 195 Å². The molecule has 0 bridgehead atoms. The Balaban J connectivity index is 1.52. The molecule has 0 radical (unpaired) electrons. The second-order valence-electron chi connectivity index (χ2n) is 9.56. The van der Waals surface area contributed by atoms with Crippen LogP contribution in [0.1, 0.15) is 54.4 Å². The van der Waals surface area contributed by atoms with Gasteiger partial charge in [-0.05, 0) is 75.4 Å². The second kappa shape index (κ2) is 10.4. The van der Waals surface area contributed by atoms with E-state index in [9.17, 15) is 14.0 Å². The summed E-state index contributed by atoms with van der Waals surface area (Å²) in [6.07, 6.45) is 5.24. The fourth-order valence-electron chi connectivity index (χ4n) is 4.92. The van der Waals surface area contributed by atoms with Crippen molar-refractivity contribution >= 4 is 11.8 Å². The maximum atomic E-state index is 13.3. The second-order valence-corrected chi connectivity index (χ2v) is 9.56. The van der Waals surface area contributed by atoms with E-state index in [4.69, 9.17) is 4.74 Å². The van der Waals surface area contributed by atoms with Gasteiger partial charge in [-0.2, -0.15) is 0 Å². The minimum atomic E-state index is -0.471. The Hall–Kier alpha value is -2.89. The molecule has 0 unspecified atom stereocenters. The van der Waals surface area contributed by atoms with Gasteiger partial charge in [0.15, 0.2) is 0 Å². The summed E-state index contributed by atoms with van der Waals surface area (Å²) < 4.78 is 19.4. The van der Waals surface area contributed by atoms with Crippen molar-refractivity contribution in [2.45, 2.75) is 45.4 Å². The number of carbonyl (C=O) groups excluding carboxylic acids is 2. The number of ether oxygens (including phenoxy) is 1. The molecular weight excluding hydrogens is 419 g/mol. The van der Waals surface area contributed by atoms with Gasteiger partial charge in [0.2, 0.25) is 5.91 Å². The van der Waals surface area contributed by atoms with Gasteiger partial charge in [-0.1, -0.05) is 17.7 Å². The molecule has 1 atom stereocenters. The molecule has 33 heavy (non-hydrogen) atoms. The number of hydrogen-bond donors (Lipinski definition) is 0. The van der Waals surface area contributed by atoms with Crippen LogP contribution in [0.2, 0.25) is 0 Å². The Morgan fingerprint density at radius 3 is 2.27 bits per heavy atom. The van der Waals surface area contributed by atoms with E-state index in [2.05, 4.69) is 0 Å². The highest BCUT2D eigenvalue weighted by molar-refractivity contribution is 5.94. The largest absolute Gasteiger partial charge is 0.493 e. The van der Waals surface area contributed by atoms with Crippen LogP contribution in [0.3, 0.4) is 0 Å². The Morgan fingerprint density at radius 2 is 1.58 bits per heavy atom. The van der Waals surface area contributed by atoms with E-state index >= 15 is 0 Å². The quantitative estimate of drug-likeness (QED) is 0.630. The highest BCUT2D eigenvalue weighted by Gasteiger charge is 2.41. The number of carbonyl (C=O) groups is 2. The van der Waals surface area contributed by atoms with Crippen LogP contribution in [-0.2, 0) is 4.79 Å². The number of nitrogens with zero attached hydrogens (tertiary/aromatic N) is 2. The van der Waals surface area contributed by atoms with Gasteiger partial charge in [0.1, 0.15) is 11.6 Å². The summed E-state index contributed by atoms with van der Waals surface area (Å²) in [6, 6.07) is 13.6. The van der Waals surface area contributed by atoms with E-state index in [0.717, 1.165) is 44.3 Å². The first-order chi connectivity index (χ1) is 15.9. The van der Waals surface area contributed by atoms with Crippen molar-refractivity contribution in [1.29, 1.82) is 0 Å². The van der Waals surface area contributed by atoms with Gasteiger partial charge in [-0.15, -0.1) is 0 Å². The normalized spacial score (nSPS) is 21.0. The zero-order valence-electron chi connectivity index (χ0n) is 19.4. The Kier molecular flexibility index (Phi) is 7.31. The number of piperidine rings is 2. The molecule has 2 amide bonds. The lowest BCUT2D eigenvalue weighted by molar-refractivity contribution is -0.136. The fraction of sp³-hybridized carbons (Fsp3) is 0.481. The van der Waals surface area contributed by atoms with Crippen LogP contribution in [-0.4, -0.2) is 54.4 Å². The molecule has 2 aliphatic heterocycles. The van der Waals surface area contributed by atoms with Gasteiger partial charge in [-0.25, -0.2) is 4.39 Å². The van der Waals surface area contributed by atoms with Gasteiger partial charge in [0.05, 0.1) is 6.61 Å². The number of benzene rings is 2. The van der Waals surface area contributed by atoms with Crippen LogP contribution < -0.4 is 4.74 Å². The topological polar surface area (TPSA) is 49.9 Å². The fourth-order valence-corrected chi connectivity index (χ4v) is 4.92. The molecular formula is C27H33FN2O3. The number of aryl methyl sites for hydroxylation is 1. The first-order valence-electron chi connectivity index (χ1n) is 12.0. The molecule has 2 fully saturated rings. The molecule has 176 valence electrons. The lowest BCUT2D eigenvalue weighted by Crippen LogP contribution is -2.51. The van der Waals surface area contributed by atoms with Crippen molar-refractivity contribution in [3.8, 4) is 5.75 Å². The summed E-state index contributed by atoms with van der Waals surface area (Å²) in [4.78, 5) is 30.3. The van der Waals surface area contributed by atoms with Gasteiger partial charge in [0, 0.05) is 43.6 Å². The zero-order valence-corrected chi connectivity index (χ0v) is 19.4. The molecule has 0 aromatic heterocycles. The number of likely N-dealkylation sites (tertiary alicyclic amines) is 2. The molecule has 2 saturated heterocycles. The third-order valence-corrected chi connectivity index (χ3v) is 6.84. The Morgan fingerprint density at radius 1 is 0.909 bits per heavy atom. The van der Waals surface area contributed by atoms with Crippen LogP contribution in [0.4, 0.5) is 4.39 Å². The van der Waals surface area contributed by atoms with Gasteiger partial charge < -0.3 is 14.5 Å². The van der Waals surface area contributed by atoms with E-state index in [1.54, 1.807) is 12.1 Å². The van der Waals surface area contributed by atoms with E-state index in [1.165, 1.54) is 18.6 Å². The lowest BCUT2D eigenvalue weighted by Gasteiger charge is -2.43. The summed E-state index contributed by atoms with van der Waals surface area (Å²) in [5, 5.41) is 0. The summed E-state index contributed by atoms with van der Waals surface area (Å²) >= 11 is 0. The van der Waals surface area contributed by atoms with Crippen LogP contribution in [0.5, 0.6) is 5.75 Å². The number of rotatable bonds is 6. The van der Waals surface area contributed by atoms with Crippen LogP contribution in [0, 0.1) is 18.2 Å². The number of hydrogen-bond acceptors (Lipinski definition) is 3. The van der Waals surface area contributed by atoms with Crippen LogP contribution >= 0.6 is 0 Å². The van der Waals surface area contributed by atoms with Gasteiger partial charge >= 0.3 is 0 Å². The smallest absolute Gasteiger partial charge is 0.253 e. The predicted octanol–water partition coefficient (Wildman–Crippen LogP) is 4.84. The molecule has 2 aromatic carbocycles. The SMILES string of the molecule is Cc1ccc(C(=O)N2CCC[C@](COc3ccc(F)cc3)(CC(=O)N3CCCCC3)C2)cc1. The van der Waals surface area contributed by atoms with E-state index < -0.39 is 5.41 Å². The van der Waals surface area contributed by atoms with Crippen LogP contribution in [0.15, 0.2) is 48.5 Å². The summed E-state index contributed by atoms with van der Waals surface area (Å²) in [5.41, 5.74) is 1.30. The summed E-state index contributed by atoms with van der Waals surface area (Å²) in [6.45, 7) is 5.07. The standard InChI is InChI=1S/C27H33FN2O3/c1-21-6-8-22(9-7-21)26(32)30-17-5-14-27(19-30,18-25(31)29-15-3-2-4-16-29)20-33-24-12-10-23(28)11-13-24/h6-13H,2-5,14-20H2,1H3/t27-/m0/s1. The molecule has 0 N–H and O–H groups in total. The third-order valence-electron chi connectivity index (χ3n) is 6.84. The first kappa shape index (κ1) is 23.3. The van der Waals surface area contributed by atoms with E-state index in [-0.39, 0.29) is 17.6 Å². The van der Waals surface area contributed by atoms with Gasteiger partial charge in [-0.3, -0.25) is 9.59 Å². The molecule has 0 saturated carbocycles. The van der Waals surface area contributed by atoms with Crippen molar-refractivity contribution in [2.24, 2.45) is 5.41 Å². The molecule has 0 aliphatic carbocycles. The molecule has 4 rings (SSSR count). The van der Waals surface area contributed by atoms with Crippen molar-refractivity contribution < 1.29 is 18.7 Å². The van der Waals surface area contributed by atoms with Crippen molar-refractivity contribution in [1.82, 2.24) is 9.80 Å². The average molecular weight is 453 g/mol. The minimum Gasteiger partial charge on any atom is -0.493 e. The molecule has 2 aliphatic rings. The summed E-state index contributed by atoms with van der Waals surface area (Å²) in [5.74, 6) is 0.390. The third kappa shape index (κ3) is 5.92. The molecule has 2 aromatic rings. The Bertz CT molecular complexity index is 954. The first-order valence-corrected chi connectivity index (χ1v) is 12.0. The molecule has 0 spiro atoms. The van der Waals surface area contributed by atoms with Crippen LogP contribution in [0.25, 0.3) is 0 Å². The highest BCUT2D eigenvalue weighted by Crippen LogP contribution is 2.36. The maximum absolute atomic E-state index is 13.3. The highest BCUT2D eigenvalue weighted by atomic mass is 19.1. The monoisotopic (exact) mass is 452 g/mol. The average Bonchev–Trinajstić information content (AvgIpc) is 2.84. The zero-order chi connectivity index (χ0) is 23.3. The van der Waals surface area contributed by atoms with E-state index in [1.807, 2.05) is 41.0 Å². The predicted molar refractivity (Wildman–Crippen MR) is 126 cm³/mol. The van der Waals surface area contributed by atoms with Crippen molar-refractivity contribution in [3.63, 3.8) is 0 Å². The molecule has 5 nitrogen and oxygen atoms in total. The minimum absolute atomic E-state index is 0.00808. The summed E-state index contributed by atoms with van der Waals surface area (Å²) in [7, 11) is 0. The van der Waals surface area contributed by atoms with Gasteiger partial charge in [0.25, 0.3) is 5.91 Å².